The van der Waals surface area contributed by atoms with Crippen LogP contribution in [0.15, 0.2) is 23.2 Å². The summed E-state index contributed by atoms with van der Waals surface area (Å²) in [5, 5.41) is 0.495. The normalized spacial score (nSPS) is 10.5. The number of oxazole rings is 1. The zero-order valence-electron chi connectivity index (χ0n) is 4.91. The summed E-state index contributed by atoms with van der Waals surface area (Å²) >= 11 is 5.70. The number of aromatic nitrogens is 2. The van der Waals surface area contributed by atoms with Crippen molar-refractivity contribution in [2.24, 2.45) is 0 Å². The first-order valence-electron chi connectivity index (χ1n) is 2.70. The van der Waals surface area contributed by atoms with E-state index in [2.05, 4.69) is 9.97 Å². The predicted octanol–water partition coefficient (Wildman–Crippen LogP) is 1.88. The molecule has 3 nitrogen and oxygen atoms in total. The van der Waals surface area contributed by atoms with Gasteiger partial charge < -0.3 is 4.42 Å². The Morgan fingerprint density at radius 1 is 1.40 bits per heavy atom. The molecule has 0 atom stereocenters. The number of hydrogen-bond acceptors (Lipinski definition) is 3. The molecular formula is C6H3ClN2O. The summed E-state index contributed by atoms with van der Waals surface area (Å²) in [5.41, 5.74) is 1.28. The van der Waals surface area contributed by atoms with E-state index in [9.17, 15) is 0 Å². The van der Waals surface area contributed by atoms with Crippen LogP contribution in [0, 0.1) is 0 Å². The maximum Gasteiger partial charge on any atom is 0.182 e. The van der Waals surface area contributed by atoms with E-state index in [-0.39, 0.29) is 0 Å². The molecule has 10 heavy (non-hydrogen) atoms. The molecule has 0 aliphatic rings. The fraction of sp³-hybridized carbons (Fsp3) is 0. The van der Waals surface area contributed by atoms with E-state index in [0.717, 1.165) is 0 Å². The molecule has 0 N–H and O–H groups in total. The Kier molecular flexibility index (Phi) is 1.11. The van der Waals surface area contributed by atoms with Gasteiger partial charge in [0.1, 0.15) is 10.5 Å². The lowest BCUT2D eigenvalue weighted by Gasteiger charge is -1.86. The summed E-state index contributed by atoms with van der Waals surface area (Å²) in [4.78, 5) is 7.70. The molecule has 0 aromatic carbocycles. The molecule has 0 aliphatic heterocycles. The molecule has 0 aliphatic carbocycles. The molecule has 4 heteroatoms. The number of hydrogen-bond donors (Lipinski definition) is 0. The number of halogens is 1. The smallest absolute Gasteiger partial charge is 0.182 e. The first-order valence-corrected chi connectivity index (χ1v) is 3.08. The summed E-state index contributed by atoms with van der Waals surface area (Å²) < 4.78 is 4.97. The van der Waals surface area contributed by atoms with Gasteiger partial charge in [0, 0.05) is 6.20 Å². The molecule has 0 spiro atoms. The lowest BCUT2D eigenvalue weighted by atomic mass is 10.4. The van der Waals surface area contributed by atoms with Crippen molar-refractivity contribution >= 4 is 22.7 Å². The van der Waals surface area contributed by atoms with Crippen LogP contribution in [0.3, 0.4) is 0 Å². The molecule has 2 aromatic rings. The summed E-state index contributed by atoms with van der Waals surface area (Å²) in [5.74, 6) is 0. The van der Waals surface area contributed by atoms with Crippen molar-refractivity contribution in [3.63, 3.8) is 0 Å². The van der Waals surface area contributed by atoms with Crippen molar-refractivity contribution in [3.8, 4) is 0 Å². The molecular weight excluding hydrogens is 152 g/mol. The first kappa shape index (κ1) is 5.68. The van der Waals surface area contributed by atoms with Crippen molar-refractivity contribution in [2.45, 2.75) is 0 Å². The average molecular weight is 155 g/mol. The standard InChI is InChI=1S/C6H3ClN2O/c7-4-1-8-2-5-6(4)10-3-9-5/h1-3H. The van der Waals surface area contributed by atoms with Crippen molar-refractivity contribution in [1.29, 1.82) is 0 Å². The van der Waals surface area contributed by atoms with Gasteiger partial charge >= 0.3 is 0 Å². The third-order valence-corrected chi connectivity index (χ3v) is 1.47. The molecule has 0 unspecified atom stereocenters. The van der Waals surface area contributed by atoms with E-state index in [1.165, 1.54) is 12.6 Å². The van der Waals surface area contributed by atoms with Crippen LogP contribution in [-0.4, -0.2) is 9.97 Å². The highest BCUT2D eigenvalue weighted by molar-refractivity contribution is 6.34. The van der Waals surface area contributed by atoms with E-state index >= 15 is 0 Å². The zero-order chi connectivity index (χ0) is 6.97. The number of fused-ring (bicyclic) bond motifs is 1. The monoisotopic (exact) mass is 154 g/mol. The number of rotatable bonds is 0. The van der Waals surface area contributed by atoms with Crippen LogP contribution in [0.25, 0.3) is 11.1 Å². The van der Waals surface area contributed by atoms with E-state index < -0.39 is 0 Å². The Bertz CT molecular complexity index is 357. The topological polar surface area (TPSA) is 38.9 Å². The molecule has 0 fully saturated rings. The second-order valence-electron chi connectivity index (χ2n) is 1.82. The van der Waals surface area contributed by atoms with E-state index in [1.54, 1.807) is 6.20 Å². The van der Waals surface area contributed by atoms with Crippen LogP contribution in [0.4, 0.5) is 0 Å². The second-order valence-corrected chi connectivity index (χ2v) is 2.23. The number of pyridine rings is 1. The van der Waals surface area contributed by atoms with Crippen LogP contribution in [0.2, 0.25) is 5.02 Å². The quantitative estimate of drug-likeness (QED) is 0.582. The predicted molar refractivity (Wildman–Crippen MR) is 36.8 cm³/mol. The van der Waals surface area contributed by atoms with Crippen molar-refractivity contribution in [2.75, 3.05) is 0 Å². The molecule has 2 aromatic heterocycles. The molecule has 0 saturated carbocycles. The van der Waals surface area contributed by atoms with E-state index in [1.807, 2.05) is 0 Å². The molecule has 0 bridgehead atoms. The van der Waals surface area contributed by atoms with Crippen molar-refractivity contribution in [1.82, 2.24) is 9.97 Å². The zero-order valence-corrected chi connectivity index (χ0v) is 5.67. The van der Waals surface area contributed by atoms with Gasteiger partial charge in [-0.1, -0.05) is 11.6 Å². The van der Waals surface area contributed by atoms with Crippen LogP contribution in [0.5, 0.6) is 0 Å². The van der Waals surface area contributed by atoms with Gasteiger partial charge in [-0.25, -0.2) is 4.98 Å². The minimum absolute atomic E-state index is 0.495. The van der Waals surface area contributed by atoms with Crippen molar-refractivity contribution in [3.05, 3.63) is 23.8 Å². The molecule has 0 amide bonds. The van der Waals surface area contributed by atoms with Crippen molar-refractivity contribution < 1.29 is 4.42 Å². The first-order chi connectivity index (χ1) is 4.88. The highest BCUT2D eigenvalue weighted by Gasteiger charge is 2.01. The average Bonchev–Trinajstić information content (AvgIpc) is 2.36. The minimum atomic E-state index is 0.495. The van der Waals surface area contributed by atoms with Gasteiger partial charge in [0.25, 0.3) is 0 Å². The fourth-order valence-corrected chi connectivity index (χ4v) is 0.955. The summed E-state index contributed by atoms with van der Waals surface area (Å²) in [7, 11) is 0. The molecule has 0 saturated heterocycles. The van der Waals surface area contributed by atoms with Gasteiger partial charge in [0.15, 0.2) is 12.0 Å². The maximum absolute atomic E-state index is 5.70. The van der Waals surface area contributed by atoms with Gasteiger partial charge in [-0.05, 0) is 0 Å². The van der Waals surface area contributed by atoms with Gasteiger partial charge in [0.2, 0.25) is 0 Å². The molecule has 2 rings (SSSR count). The Hall–Kier alpha value is -1.09. The third kappa shape index (κ3) is 0.675. The molecule has 50 valence electrons. The highest BCUT2D eigenvalue weighted by Crippen LogP contribution is 2.19. The van der Waals surface area contributed by atoms with Crippen LogP contribution in [-0.2, 0) is 0 Å². The Morgan fingerprint density at radius 2 is 2.30 bits per heavy atom. The van der Waals surface area contributed by atoms with E-state index in [0.29, 0.717) is 16.1 Å². The van der Waals surface area contributed by atoms with Crippen LogP contribution >= 0.6 is 11.6 Å². The molecule has 0 radical (unpaired) electrons. The summed E-state index contributed by atoms with van der Waals surface area (Å²) in [6.07, 6.45) is 4.47. The van der Waals surface area contributed by atoms with Gasteiger partial charge in [0.05, 0.1) is 6.20 Å². The molecule has 2 heterocycles. The fourth-order valence-electron chi connectivity index (χ4n) is 0.757. The Morgan fingerprint density at radius 3 is 3.10 bits per heavy atom. The SMILES string of the molecule is Clc1cncc2ncoc12. The maximum atomic E-state index is 5.70. The second kappa shape index (κ2) is 1.95. The lowest BCUT2D eigenvalue weighted by Crippen LogP contribution is -1.72. The van der Waals surface area contributed by atoms with E-state index in [4.69, 9.17) is 16.0 Å². The lowest BCUT2D eigenvalue weighted by molar-refractivity contribution is 0.602. The largest absolute Gasteiger partial charge is 0.442 e. The van der Waals surface area contributed by atoms with Gasteiger partial charge in [-0.15, -0.1) is 0 Å². The van der Waals surface area contributed by atoms with Gasteiger partial charge in [-0.3, -0.25) is 4.98 Å². The van der Waals surface area contributed by atoms with Crippen LogP contribution in [0.1, 0.15) is 0 Å². The van der Waals surface area contributed by atoms with Crippen LogP contribution < -0.4 is 0 Å². The number of nitrogens with zero attached hydrogens (tertiary/aromatic N) is 2. The summed E-state index contributed by atoms with van der Waals surface area (Å²) in [6.45, 7) is 0. The Labute approximate surface area is 61.6 Å². The summed E-state index contributed by atoms with van der Waals surface area (Å²) in [6, 6.07) is 0. The Balaban J connectivity index is 2.95. The minimum Gasteiger partial charge on any atom is -0.442 e. The third-order valence-electron chi connectivity index (χ3n) is 1.20. The highest BCUT2D eigenvalue weighted by atomic mass is 35.5. The van der Waals surface area contributed by atoms with Gasteiger partial charge in [-0.2, -0.15) is 0 Å².